The van der Waals surface area contributed by atoms with Crippen LogP contribution in [0.2, 0.25) is 0 Å². The lowest BCUT2D eigenvalue weighted by Crippen LogP contribution is -2.12. The zero-order chi connectivity index (χ0) is 12.3. The normalized spacial score (nSPS) is 18.9. The Labute approximate surface area is 106 Å². The molecule has 0 radical (unpaired) electrons. The molecule has 4 heteroatoms. The third-order valence-corrected chi connectivity index (χ3v) is 3.68. The molecule has 0 unspecified atom stereocenters. The molecule has 2 rings (SSSR count). The Bertz CT molecular complexity index is 474. The van der Waals surface area contributed by atoms with Gasteiger partial charge in [-0.25, -0.2) is 0 Å². The average Bonchev–Trinajstić information content (AvgIpc) is 2.78. The Hall–Kier alpha value is -1.47. The summed E-state index contributed by atoms with van der Waals surface area (Å²) in [7, 11) is 0. The Kier molecular flexibility index (Phi) is 3.70. The minimum absolute atomic E-state index is 0.404. The molecule has 0 aromatic heterocycles. The van der Waals surface area contributed by atoms with E-state index in [1.54, 1.807) is 17.8 Å². The summed E-state index contributed by atoms with van der Waals surface area (Å²) in [6.07, 6.45) is 0. The van der Waals surface area contributed by atoms with Gasteiger partial charge in [0.15, 0.2) is 5.17 Å². The number of hydrogen-bond donors (Lipinski definition) is 1. The van der Waals surface area contributed by atoms with E-state index >= 15 is 0 Å². The van der Waals surface area contributed by atoms with Gasteiger partial charge in [-0.1, -0.05) is 31.7 Å². The summed E-state index contributed by atoms with van der Waals surface area (Å²) in [5.41, 5.74) is 1.60. The van der Waals surface area contributed by atoms with Crippen molar-refractivity contribution in [2.24, 2.45) is 10.9 Å². The van der Waals surface area contributed by atoms with Crippen LogP contribution in [0.5, 0.6) is 0 Å². The monoisotopic (exact) mass is 245 g/mol. The van der Waals surface area contributed by atoms with Crippen molar-refractivity contribution < 1.29 is 0 Å². The molecule has 0 fully saturated rings. The van der Waals surface area contributed by atoms with Gasteiger partial charge in [0, 0.05) is 11.4 Å². The predicted octanol–water partition coefficient (Wildman–Crippen LogP) is 3.10. The molecule has 1 aliphatic rings. The van der Waals surface area contributed by atoms with Crippen LogP contribution >= 0.6 is 11.8 Å². The highest BCUT2D eigenvalue weighted by atomic mass is 32.2. The number of nitrogens with zero attached hydrogens (tertiary/aromatic N) is 2. The Morgan fingerprint density at radius 3 is 3.00 bits per heavy atom. The first kappa shape index (κ1) is 12.0. The maximum absolute atomic E-state index is 8.82. The summed E-state index contributed by atoms with van der Waals surface area (Å²) in [6.45, 7) is 4.38. The van der Waals surface area contributed by atoms with E-state index in [0.29, 0.717) is 17.5 Å². The van der Waals surface area contributed by atoms with Crippen LogP contribution in [0.25, 0.3) is 0 Å². The number of hydrogen-bond acceptors (Lipinski definition) is 4. The summed E-state index contributed by atoms with van der Waals surface area (Å²) < 4.78 is 0. The van der Waals surface area contributed by atoms with Crippen molar-refractivity contribution in [1.82, 2.24) is 0 Å². The van der Waals surface area contributed by atoms with Crippen molar-refractivity contribution >= 4 is 22.6 Å². The molecule has 1 aromatic carbocycles. The standard InChI is InChI=1S/C13H15N3S/c1-9(2)12-8-17-13(16-12)15-11-5-3-4-10(6-11)7-14/h3-6,9,12H,8H2,1-2H3,(H,15,16)/t12-/m1/s1. The van der Waals surface area contributed by atoms with Crippen LogP contribution in [0.15, 0.2) is 29.3 Å². The van der Waals surface area contributed by atoms with E-state index in [1.807, 2.05) is 18.2 Å². The SMILES string of the molecule is CC(C)[C@H]1CSC(Nc2cccc(C#N)c2)=N1. The predicted molar refractivity (Wildman–Crippen MR) is 73.3 cm³/mol. The average molecular weight is 245 g/mol. The number of anilines is 1. The zero-order valence-electron chi connectivity index (χ0n) is 9.97. The fourth-order valence-electron chi connectivity index (χ4n) is 1.59. The number of aliphatic imine (C=N–C) groups is 1. The van der Waals surface area contributed by atoms with Gasteiger partial charge in [0.25, 0.3) is 0 Å². The lowest BCUT2D eigenvalue weighted by Gasteiger charge is -2.08. The minimum atomic E-state index is 0.404. The summed E-state index contributed by atoms with van der Waals surface area (Å²) in [4.78, 5) is 4.62. The molecule has 1 heterocycles. The van der Waals surface area contributed by atoms with E-state index in [1.165, 1.54) is 0 Å². The zero-order valence-corrected chi connectivity index (χ0v) is 10.8. The molecule has 0 spiro atoms. The van der Waals surface area contributed by atoms with Crippen LogP contribution < -0.4 is 5.32 Å². The Morgan fingerprint density at radius 2 is 2.35 bits per heavy atom. The number of amidine groups is 1. The van der Waals surface area contributed by atoms with Gasteiger partial charge in [-0.3, -0.25) is 4.99 Å². The van der Waals surface area contributed by atoms with E-state index in [4.69, 9.17) is 5.26 Å². The largest absolute Gasteiger partial charge is 0.335 e. The van der Waals surface area contributed by atoms with E-state index in [2.05, 4.69) is 30.2 Å². The van der Waals surface area contributed by atoms with Crippen LogP contribution in [-0.4, -0.2) is 17.0 Å². The first-order chi connectivity index (χ1) is 8.19. The van der Waals surface area contributed by atoms with Gasteiger partial charge in [-0.15, -0.1) is 0 Å². The second kappa shape index (κ2) is 5.24. The van der Waals surface area contributed by atoms with Crippen molar-refractivity contribution in [3.63, 3.8) is 0 Å². The summed E-state index contributed by atoms with van der Waals surface area (Å²) in [6, 6.07) is 10.0. The van der Waals surface area contributed by atoms with Crippen molar-refractivity contribution in [3.05, 3.63) is 29.8 Å². The topological polar surface area (TPSA) is 48.2 Å². The maximum atomic E-state index is 8.82. The molecule has 1 N–H and O–H groups in total. The molecule has 88 valence electrons. The van der Waals surface area contributed by atoms with Crippen LogP contribution in [0.1, 0.15) is 19.4 Å². The van der Waals surface area contributed by atoms with Gasteiger partial charge in [-0.2, -0.15) is 5.26 Å². The molecular formula is C13H15N3S. The third kappa shape index (κ3) is 3.01. The molecule has 1 atom stereocenters. The summed E-state index contributed by atoms with van der Waals surface area (Å²) in [5.74, 6) is 1.62. The third-order valence-electron chi connectivity index (χ3n) is 2.69. The van der Waals surface area contributed by atoms with Crippen molar-refractivity contribution in [2.75, 3.05) is 11.1 Å². The molecule has 0 bridgehead atoms. The van der Waals surface area contributed by atoms with E-state index in [0.717, 1.165) is 16.6 Å². The minimum Gasteiger partial charge on any atom is -0.335 e. The van der Waals surface area contributed by atoms with Crippen LogP contribution in [-0.2, 0) is 0 Å². The van der Waals surface area contributed by atoms with Crippen LogP contribution in [0.4, 0.5) is 5.69 Å². The van der Waals surface area contributed by atoms with Crippen LogP contribution in [0, 0.1) is 17.2 Å². The Morgan fingerprint density at radius 1 is 1.53 bits per heavy atom. The van der Waals surface area contributed by atoms with Gasteiger partial charge in [0.2, 0.25) is 0 Å². The van der Waals surface area contributed by atoms with Crippen molar-refractivity contribution in [1.29, 1.82) is 5.26 Å². The number of thioether (sulfide) groups is 1. The molecule has 0 saturated carbocycles. The lowest BCUT2D eigenvalue weighted by atomic mass is 10.1. The highest BCUT2D eigenvalue weighted by Gasteiger charge is 2.20. The first-order valence-electron chi connectivity index (χ1n) is 5.67. The summed E-state index contributed by atoms with van der Waals surface area (Å²) in [5, 5.41) is 13.0. The molecule has 3 nitrogen and oxygen atoms in total. The molecule has 0 aliphatic carbocycles. The second-order valence-corrected chi connectivity index (χ2v) is 5.38. The van der Waals surface area contributed by atoms with Gasteiger partial charge in [0.05, 0.1) is 17.7 Å². The first-order valence-corrected chi connectivity index (χ1v) is 6.65. The fourth-order valence-corrected chi connectivity index (χ4v) is 2.78. The second-order valence-electron chi connectivity index (χ2n) is 4.37. The molecular weight excluding hydrogens is 230 g/mol. The maximum Gasteiger partial charge on any atom is 0.161 e. The van der Waals surface area contributed by atoms with Crippen molar-refractivity contribution in [3.8, 4) is 6.07 Å². The van der Waals surface area contributed by atoms with Gasteiger partial charge < -0.3 is 5.32 Å². The molecule has 1 aliphatic heterocycles. The van der Waals surface area contributed by atoms with E-state index in [9.17, 15) is 0 Å². The lowest BCUT2D eigenvalue weighted by molar-refractivity contribution is 0.543. The van der Waals surface area contributed by atoms with Crippen molar-refractivity contribution in [2.45, 2.75) is 19.9 Å². The Balaban J connectivity index is 2.07. The highest BCUT2D eigenvalue weighted by molar-refractivity contribution is 8.14. The number of benzene rings is 1. The number of rotatable bonds is 2. The van der Waals surface area contributed by atoms with E-state index < -0.39 is 0 Å². The quantitative estimate of drug-likeness (QED) is 0.871. The highest BCUT2D eigenvalue weighted by Crippen LogP contribution is 2.24. The van der Waals surface area contributed by atoms with Crippen LogP contribution in [0.3, 0.4) is 0 Å². The molecule has 0 amide bonds. The molecule has 17 heavy (non-hydrogen) atoms. The van der Waals surface area contributed by atoms with E-state index in [-0.39, 0.29) is 0 Å². The molecule has 1 aromatic rings. The van der Waals surface area contributed by atoms with Gasteiger partial charge in [0.1, 0.15) is 0 Å². The van der Waals surface area contributed by atoms with Gasteiger partial charge in [-0.05, 0) is 24.1 Å². The van der Waals surface area contributed by atoms with Gasteiger partial charge >= 0.3 is 0 Å². The smallest absolute Gasteiger partial charge is 0.161 e. The number of nitriles is 1. The fraction of sp³-hybridized carbons (Fsp3) is 0.385. The number of nitrogens with one attached hydrogen (secondary N) is 1. The molecule has 0 saturated heterocycles. The summed E-state index contributed by atoms with van der Waals surface area (Å²) >= 11 is 1.74.